The molecule has 4 aliphatic rings. The SMILES string of the molecule is OCC12COC3(O)C4CCN(CCC13)C4c1c2[nH]c2ccccc12. The van der Waals surface area contributed by atoms with E-state index in [1.54, 1.807) is 0 Å². The van der Waals surface area contributed by atoms with Crippen LogP contribution in [0, 0.1) is 11.8 Å². The molecule has 0 amide bonds. The van der Waals surface area contributed by atoms with E-state index >= 15 is 0 Å². The third-order valence-corrected chi connectivity index (χ3v) is 7.29. The summed E-state index contributed by atoms with van der Waals surface area (Å²) in [4.78, 5) is 6.13. The van der Waals surface area contributed by atoms with E-state index in [1.165, 1.54) is 10.9 Å². The molecule has 2 aromatic rings. The molecule has 6 unspecified atom stereocenters. The van der Waals surface area contributed by atoms with Gasteiger partial charge in [0.2, 0.25) is 0 Å². The van der Waals surface area contributed by atoms with Crippen LogP contribution in [0.3, 0.4) is 0 Å². The van der Waals surface area contributed by atoms with E-state index in [4.69, 9.17) is 4.74 Å². The first-order chi connectivity index (χ1) is 11.7. The number of rotatable bonds is 1. The summed E-state index contributed by atoms with van der Waals surface area (Å²) in [7, 11) is 0. The summed E-state index contributed by atoms with van der Waals surface area (Å²) >= 11 is 0. The van der Waals surface area contributed by atoms with Crippen LogP contribution in [0.4, 0.5) is 0 Å². The molecular weight excluding hydrogens is 304 g/mol. The molecular formula is C19H22N2O3. The van der Waals surface area contributed by atoms with Crippen molar-refractivity contribution in [3.05, 3.63) is 35.5 Å². The van der Waals surface area contributed by atoms with Crippen LogP contribution in [0.15, 0.2) is 24.3 Å². The van der Waals surface area contributed by atoms with Gasteiger partial charge >= 0.3 is 0 Å². The van der Waals surface area contributed by atoms with Gasteiger partial charge in [0, 0.05) is 34.5 Å². The Labute approximate surface area is 140 Å². The van der Waals surface area contributed by atoms with Crippen molar-refractivity contribution in [1.82, 2.24) is 9.88 Å². The third-order valence-electron chi connectivity index (χ3n) is 7.29. The van der Waals surface area contributed by atoms with E-state index in [1.807, 2.05) is 6.07 Å². The van der Waals surface area contributed by atoms with Crippen molar-refractivity contribution in [3.8, 4) is 0 Å². The minimum Gasteiger partial charge on any atom is -0.395 e. The fourth-order valence-electron chi connectivity index (χ4n) is 6.25. The first-order valence-electron chi connectivity index (χ1n) is 9.01. The highest BCUT2D eigenvalue weighted by atomic mass is 16.6. The number of para-hydroxylation sites is 1. The summed E-state index contributed by atoms with van der Waals surface area (Å²) in [5.41, 5.74) is 3.01. The molecule has 3 saturated heterocycles. The Hall–Kier alpha value is -1.40. The zero-order valence-electron chi connectivity index (χ0n) is 13.5. The Morgan fingerprint density at radius 2 is 2.08 bits per heavy atom. The molecule has 6 rings (SSSR count). The zero-order valence-corrected chi connectivity index (χ0v) is 13.5. The molecule has 0 saturated carbocycles. The lowest BCUT2D eigenvalue weighted by molar-refractivity contribution is -0.231. The fraction of sp³-hybridized carbons (Fsp3) is 0.579. The molecule has 3 aliphatic heterocycles. The number of nitrogens with one attached hydrogen (secondary N) is 1. The van der Waals surface area contributed by atoms with Crippen LogP contribution in [0.1, 0.15) is 30.1 Å². The second-order valence-electron chi connectivity index (χ2n) is 8.03. The topological polar surface area (TPSA) is 68.7 Å². The van der Waals surface area contributed by atoms with Crippen molar-refractivity contribution < 1.29 is 14.9 Å². The van der Waals surface area contributed by atoms with Crippen molar-refractivity contribution in [2.24, 2.45) is 11.8 Å². The molecule has 1 aromatic heterocycles. The number of nitrogens with zero attached hydrogens (tertiary/aromatic N) is 1. The lowest BCUT2D eigenvalue weighted by Gasteiger charge is -2.37. The first kappa shape index (κ1) is 13.8. The Morgan fingerprint density at radius 3 is 2.96 bits per heavy atom. The molecule has 5 heteroatoms. The van der Waals surface area contributed by atoms with Crippen molar-refractivity contribution in [2.45, 2.75) is 30.1 Å². The molecule has 0 spiro atoms. The highest BCUT2D eigenvalue weighted by Crippen LogP contribution is 2.63. The van der Waals surface area contributed by atoms with Crippen molar-refractivity contribution >= 4 is 10.9 Å². The molecule has 4 heterocycles. The minimum atomic E-state index is -1.11. The van der Waals surface area contributed by atoms with E-state index in [0.29, 0.717) is 6.61 Å². The number of aliphatic hydroxyl groups is 2. The summed E-state index contributed by atoms with van der Waals surface area (Å²) in [6.07, 6.45) is 1.83. The molecule has 1 aromatic carbocycles. The van der Waals surface area contributed by atoms with Gasteiger partial charge in [-0.2, -0.15) is 0 Å². The molecule has 126 valence electrons. The number of aromatic amines is 1. The quantitative estimate of drug-likeness (QED) is 0.743. The summed E-state index contributed by atoms with van der Waals surface area (Å²) < 4.78 is 6.08. The molecule has 5 nitrogen and oxygen atoms in total. The largest absolute Gasteiger partial charge is 0.395 e. The predicted octanol–water partition coefficient (Wildman–Crippen LogP) is 1.51. The number of aromatic nitrogens is 1. The number of ether oxygens (including phenoxy) is 1. The van der Waals surface area contributed by atoms with E-state index in [0.717, 1.165) is 37.1 Å². The van der Waals surface area contributed by atoms with Crippen LogP contribution in [0.2, 0.25) is 0 Å². The van der Waals surface area contributed by atoms with Gasteiger partial charge in [-0.3, -0.25) is 4.90 Å². The van der Waals surface area contributed by atoms with E-state index in [2.05, 4.69) is 28.1 Å². The standard InChI is InChI=1S/C19H22N2O3/c22-9-18-10-24-19(23)12-5-7-21(8-6-14(18)19)16(12)15-11-3-1-2-4-13(11)20-17(15)18/h1-4,12,14,16,20,22-23H,5-10H2. The van der Waals surface area contributed by atoms with E-state index in [-0.39, 0.29) is 24.5 Å². The number of benzene rings is 1. The van der Waals surface area contributed by atoms with Gasteiger partial charge in [0.05, 0.1) is 18.6 Å². The van der Waals surface area contributed by atoms with Crippen LogP contribution in [0.5, 0.6) is 0 Å². The Bertz CT molecular complexity index is 848. The number of H-pyrrole nitrogens is 1. The monoisotopic (exact) mass is 326 g/mol. The normalized spacial score (nSPS) is 45.4. The van der Waals surface area contributed by atoms with E-state index < -0.39 is 11.2 Å². The Kier molecular flexibility index (Phi) is 2.43. The lowest BCUT2D eigenvalue weighted by atomic mass is 9.69. The first-order valence-corrected chi connectivity index (χ1v) is 9.01. The lowest BCUT2D eigenvalue weighted by Crippen LogP contribution is -2.48. The molecule has 24 heavy (non-hydrogen) atoms. The smallest absolute Gasteiger partial charge is 0.174 e. The molecule has 3 fully saturated rings. The highest BCUT2D eigenvalue weighted by molar-refractivity contribution is 5.86. The highest BCUT2D eigenvalue weighted by Gasteiger charge is 2.69. The second kappa shape index (κ2) is 4.22. The maximum atomic E-state index is 11.5. The van der Waals surface area contributed by atoms with Crippen LogP contribution >= 0.6 is 0 Å². The summed E-state index contributed by atoms with van der Waals surface area (Å²) in [6, 6.07) is 8.59. The second-order valence-corrected chi connectivity index (χ2v) is 8.03. The average Bonchev–Trinajstić information content (AvgIpc) is 3.19. The fourth-order valence-corrected chi connectivity index (χ4v) is 6.25. The van der Waals surface area contributed by atoms with Gasteiger partial charge in [0.25, 0.3) is 0 Å². The molecule has 1 aliphatic carbocycles. The third kappa shape index (κ3) is 1.31. The van der Waals surface area contributed by atoms with Gasteiger partial charge < -0.3 is 19.9 Å². The Balaban J connectivity index is 1.76. The van der Waals surface area contributed by atoms with Gasteiger partial charge in [-0.25, -0.2) is 0 Å². The summed E-state index contributed by atoms with van der Waals surface area (Å²) in [5.74, 6) is -1.08. The molecule has 0 radical (unpaired) electrons. The zero-order chi connectivity index (χ0) is 16.1. The van der Waals surface area contributed by atoms with Gasteiger partial charge in [0.1, 0.15) is 0 Å². The van der Waals surface area contributed by atoms with Gasteiger partial charge in [-0.15, -0.1) is 0 Å². The number of hydrogen-bond acceptors (Lipinski definition) is 4. The van der Waals surface area contributed by atoms with Gasteiger partial charge in [-0.1, -0.05) is 18.2 Å². The summed E-state index contributed by atoms with van der Waals surface area (Å²) in [6.45, 7) is 2.39. The Morgan fingerprint density at radius 1 is 1.25 bits per heavy atom. The predicted molar refractivity (Wildman–Crippen MR) is 88.5 cm³/mol. The van der Waals surface area contributed by atoms with Crippen molar-refractivity contribution in [1.29, 1.82) is 0 Å². The van der Waals surface area contributed by atoms with Crippen LogP contribution < -0.4 is 0 Å². The minimum absolute atomic E-state index is 0.0131. The molecule has 6 atom stereocenters. The maximum Gasteiger partial charge on any atom is 0.174 e. The van der Waals surface area contributed by atoms with Gasteiger partial charge in [-0.05, 0) is 37.6 Å². The average molecular weight is 326 g/mol. The van der Waals surface area contributed by atoms with Crippen LogP contribution in [-0.4, -0.2) is 52.2 Å². The number of hydrogen-bond donors (Lipinski definition) is 3. The number of fused-ring (bicyclic) bond motifs is 4. The van der Waals surface area contributed by atoms with Crippen molar-refractivity contribution in [2.75, 3.05) is 26.3 Å². The van der Waals surface area contributed by atoms with E-state index in [9.17, 15) is 10.2 Å². The maximum absolute atomic E-state index is 11.5. The molecule has 3 N–H and O–H groups in total. The van der Waals surface area contributed by atoms with Crippen molar-refractivity contribution in [3.63, 3.8) is 0 Å². The van der Waals surface area contributed by atoms with Crippen LogP contribution in [-0.2, 0) is 10.2 Å². The molecule has 6 bridgehead atoms. The summed E-state index contributed by atoms with van der Waals surface area (Å²) in [5, 5.41) is 23.2. The van der Waals surface area contributed by atoms with Gasteiger partial charge in [0.15, 0.2) is 5.79 Å². The van der Waals surface area contributed by atoms with Crippen LogP contribution in [0.25, 0.3) is 10.9 Å². The number of aliphatic hydroxyl groups excluding tert-OH is 1.